The van der Waals surface area contributed by atoms with Crippen LogP contribution in [0.1, 0.15) is 43.4 Å². The van der Waals surface area contributed by atoms with Crippen LogP contribution in [0.5, 0.6) is 0 Å². The van der Waals surface area contributed by atoms with E-state index < -0.39 is 48.1 Å². The van der Waals surface area contributed by atoms with Crippen LogP contribution in [-0.4, -0.2) is 53.2 Å². The van der Waals surface area contributed by atoms with Gasteiger partial charge < -0.3 is 26.2 Å². The number of esters is 1. The highest BCUT2D eigenvalue weighted by molar-refractivity contribution is 5.92. The number of halogens is 3. The van der Waals surface area contributed by atoms with Gasteiger partial charge in [0, 0.05) is 6.42 Å². The molecule has 5 N–H and O–H groups in total. The van der Waals surface area contributed by atoms with Gasteiger partial charge in [0.1, 0.15) is 18.7 Å². The van der Waals surface area contributed by atoms with Crippen LogP contribution in [0, 0.1) is 5.92 Å². The van der Waals surface area contributed by atoms with Crippen molar-refractivity contribution in [3.63, 3.8) is 0 Å². The molecule has 0 saturated heterocycles. The molecular weight excluding hydrogens is 603 g/mol. The van der Waals surface area contributed by atoms with Crippen LogP contribution in [0.2, 0.25) is 0 Å². The molecule has 0 radical (unpaired) electrons. The Hall–Kier alpha value is -4.71. The maximum Gasteiger partial charge on any atom is 0.490 e. The first-order valence-corrected chi connectivity index (χ1v) is 14.7. The van der Waals surface area contributed by atoms with Gasteiger partial charge in [0.2, 0.25) is 11.8 Å². The van der Waals surface area contributed by atoms with Gasteiger partial charge in [-0.2, -0.15) is 13.2 Å². The number of hydrogen-bond donors (Lipinski definition) is 4. The summed E-state index contributed by atoms with van der Waals surface area (Å²) in [6, 6.07) is 26.1. The summed E-state index contributed by atoms with van der Waals surface area (Å²) in [4.78, 5) is 48.3. The fourth-order valence-corrected chi connectivity index (χ4v) is 4.22. The highest BCUT2D eigenvalue weighted by Gasteiger charge is 2.38. The lowest BCUT2D eigenvalue weighted by Crippen LogP contribution is -2.55. The Bertz CT molecular complexity index is 1370. The van der Waals surface area contributed by atoms with Crippen molar-refractivity contribution in [1.82, 2.24) is 10.6 Å². The Morgan fingerprint density at radius 1 is 0.761 bits per heavy atom. The highest BCUT2D eigenvalue weighted by Crippen LogP contribution is 2.13. The number of aryl methyl sites for hydroxylation is 1. The molecule has 0 heterocycles. The molecule has 3 rings (SSSR count). The summed E-state index contributed by atoms with van der Waals surface area (Å²) in [6.07, 6.45) is -3.31. The van der Waals surface area contributed by atoms with Gasteiger partial charge in [-0.25, -0.2) is 9.59 Å². The Kier molecular flexibility index (Phi) is 15.4. The maximum atomic E-state index is 13.4. The molecule has 0 fully saturated rings. The number of rotatable bonds is 14. The van der Waals surface area contributed by atoms with Gasteiger partial charge in [-0.3, -0.25) is 9.59 Å². The summed E-state index contributed by atoms with van der Waals surface area (Å²) in [5.41, 5.74) is 9.00. The molecule has 12 heteroatoms. The molecule has 3 atom stereocenters. The molecule has 3 aromatic rings. The normalized spacial score (nSPS) is 12.9. The molecule has 0 spiro atoms. The molecule has 3 aromatic carbocycles. The molecule has 0 unspecified atom stereocenters. The van der Waals surface area contributed by atoms with Crippen molar-refractivity contribution in [2.45, 2.75) is 70.4 Å². The molecular formula is C34H40F3N3O6. The van der Waals surface area contributed by atoms with Gasteiger partial charge in [-0.15, -0.1) is 0 Å². The Balaban J connectivity index is 0.000000942. The molecule has 46 heavy (non-hydrogen) atoms. The number of benzene rings is 3. The third-order valence-electron chi connectivity index (χ3n) is 6.61. The third kappa shape index (κ3) is 14.4. The molecule has 0 saturated carbocycles. The van der Waals surface area contributed by atoms with Crippen molar-refractivity contribution in [3.8, 4) is 0 Å². The minimum atomic E-state index is -5.08. The Morgan fingerprint density at radius 2 is 1.22 bits per heavy atom. The van der Waals surface area contributed by atoms with E-state index in [1.165, 1.54) is 0 Å². The molecule has 9 nitrogen and oxygen atoms in total. The second kappa shape index (κ2) is 18.9. The number of alkyl halides is 3. The Morgan fingerprint density at radius 3 is 1.70 bits per heavy atom. The molecule has 0 bridgehead atoms. The lowest BCUT2D eigenvalue weighted by molar-refractivity contribution is -0.192. The average molecular weight is 644 g/mol. The van der Waals surface area contributed by atoms with E-state index in [4.69, 9.17) is 20.4 Å². The third-order valence-corrected chi connectivity index (χ3v) is 6.61. The summed E-state index contributed by atoms with van der Waals surface area (Å²) in [5, 5.41) is 12.8. The van der Waals surface area contributed by atoms with Crippen molar-refractivity contribution < 1.29 is 42.2 Å². The van der Waals surface area contributed by atoms with Crippen LogP contribution in [0.4, 0.5) is 13.2 Å². The largest absolute Gasteiger partial charge is 0.490 e. The lowest BCUT2D eigenvalue weighted by Gasteiger charge is -2.25. The van der Waals surface area contributed by atoms with E-state index in [0.29, 0.717) is 19.3 Å². The number of carbonyl (C=O) groups excluding carboxylic acids is 3. The van der Waals surface area contributed by atoms with E-state index in [-0.39, 0.29) is 18.9 Å². The fourth-order valence-electron chi connectivity index (χ4n) is 4.22. The van der Waals surface area contributed by atoms with E-state index in [1.807, 2.05) is 105 Å². The van der Waals surface area contributed by atoms with Crippen LogP contribution < -0.4 is 16.4 Å². The first-order valence-electron chi connectivity index (χ1n) is 14.7. The predicted octanol–water partition coefficient (Wildman–Crippen LogP) is 4.58. The number of carboxylic acid groups (broad SMARTS) is 1. The highest BCUT2D eigenvalue weighted by atomic mass is 19.4. The van der Waals surface area contributed by atoms with Crippen LogP contribution in [0.25, 0.3) is 0 Å². The van der Waals surface area contributed by atoms with E-state index in [9.17, 15) is 27.6 Å². The van der Waals surface area contributed by atoms with Crippen molar-refractivity contribution >= 4 is 23.8 Å². The summed E-state index contributed by atoms with van der Waals surface area (Å²) >= 11 is 0. The smallest absolute Gasteiger partial charge is 0.475 e. The topological polar surface area (TPSA) is 148 Å². The van der Waals surface area contributed by atoms with E-state index in [2.05, 4.69) is 10.6 Å². The molecule has 2 amide bonds. The molecule has 248 valence electrons. The predicted molar refractivity (Wildman–Crippen MR) is 166 cm³/mol. The number of hydrogen-bond acceptors (Lipinski definition) is 6. The van der Waals surface area contributed by atoms with Gasteiger partial charge in [0.05, 0.1) is 6.04 Å². The first kappa shape index (κ1) is 37.5. The zero-order valence-electron chi connectivity index (χ0n) is 25.7. The number of amides is 2. The van der Waals surface area contributed by atoms with Gasteiger partial charge >= 0.3 is 18.1 Å². The molecule has 0 aliphatic carbocycles. The number of carboxylic acids is 1. The summed E-state index contributed by atoms with van der Waals surface area (Å²) in [7, 11) is 0. The van der Waals surface area contributed by atoms with Crippen LogP contribution >= 0.6 is 0 Å². The fraction of sp³-hybridized carbons (Fsp3) is 0.353. The second-order valence-electron chi connectivity index (χ2n) is 11.0. The van der Waals surface area contributed by atoms with Gasteiger partial charge in [0.15, 0.2) is 0 Å². The maximum absolute atomic E-state index is 13.4. The summed E-state index contributed by atoms with van der Waals surface area (Å²) in [6.45, 7) is 4.04. The van der Waals surface area contributed by atoms with E-state index in [1.54, 1.807) is 0 Å². The van der Waals surface area contributed by atoms with E-state index in [0.717, 1.165) is 16.7 Å². The summed E-state index contributed by atoms with van der Waals surface area (Å²) < 4.78 is 37.3. The van der Waals surface area contributed by atoms with Crippen LogP contribution in [0.15, 0.2) is 91.0 Å². The number of ether oxygens (including phenoxy) is 1. The SMILES string of the molecule is CC(C)C[C@@H](NC(=O)[C@@H](N)CCc1ccccc1)C(=O)N[C@@H](Cc1ccccc1)C(=O)OCc1ccccc1.O=C(O)C(F)(F)F. The minimum absolute atomic E-state index is 0.100. The van der Waals surface area contributed by atoms with Crippen molar-refractivity contribution in [2.24, 2.45) is 11.7 Å². The molecule has 0 aliphatic heterocycles. The first-order chi connectivity index (χ1) is 21.8. The average Bonchev–Trinajstić information content (AvgIpc) is 3.02. The standard InChI is InChI=1S/C32H39N3O4.C2HF3O2/c1-23(2)20-28(34-30(36)27(33)19-18-24-12-6-3-7-13-24)31(37)35-29(21-25-14-8-4-9-15-25)32(38)39-22-26-16-10-5-11-17-26;3-2(4,5)1(6)7/h3-17,23,27-29H,18-22,33H2,1-2H3,(H,34,36)(H,35,37);(H,6,7)/t27-,28+,29-;/m0./s1. The monoisotopic (exact) mass is 643 g/mol. The van der Waals surface area contributed by atoms with Crippen molar-refractivity contribution in [1.29, 1.82) is 0 Å². The molecule has 0 aromatic heterocycles. The van der Waals surface area contributed by atoms with Gasteiger partial charge in [0.25, 0.3) is 0 Å². The quantitative estimate of drug-likeness (QED) is 0.188. The van der Waals surface area contributed by atoms with Crippen LogP contribution in [-0.2, 0) is 43.4 Å². The van der Waals surface area contributed by atoms with Crippen LogP contribution in [0.3, 0.4) is 0 Å². The molecule has 0 aliphatic rings. The number of nitrogens with two attached hydrogens (primary N) is 1. The second-order valence-corrected chi connectivity index (χ2v) is 11.0. The number of aliphatic carboxylic acids is 1. The summed E-state index contributed by atoms with van der Waals surface area (Å²) in [5.74, 6) is -4.00. The van der Waals surface area contributed by atoms with E-state index >= 15 is 0 Å². The zero-order valence-corrected chi connectivity index (χ0v) is 25.7. The number of nitrogens with one attached hydrogen (secondary N) is 2. The Labute approximate surface area is 266 Å². The minimum Gasteiger partial charge on any atom is -0.475 e. The number of carbonyl (C=O) groups is 4. The lowest BCUT2D eigenvalue weighted by atomic mass is 10.00. The van der Waals surface area contributed by atoms with Gasteiger partial charge in [-0.1, -0.05) is 105 Å². The van der Waals surface area contributed by atoms with Gasteiger partial charge in [-0.05, 0) is 41.9 Å². The van der Waals surface area contributed by atoms with Crippen molar-refractivity contribution in [2.75, 3.05) is 0 Å². The van der Waals surface area contributed by atoms with Crippen molar-refractivity contribution in [3.05, 3.63) is 108 Å². The zero-order chi connectivity index (χ0) is 34.1.